The molecule has 4 nitrogen and oxygen atoms in total. The lowest BCUT2D eigenvalue weighted by molar-refractivity contribution is -0.138. The zero-order valence-corrected chi connectivity index (χ0v) is 36.1. The van der Waals surface area contributed by atoms with Crippen LogP contribution in [0.1, 0.15) is 16.7 Å². The summed E-state index contributed by atoms with van der Waals surface area (Å²) in [6, 6.07) is 56.5. The highest BCUT2D eigenvalue weighted by atomic mass is 32.1. The molecule has 0 aliphatic carbocycles. The van der Waals surface area contributed by atoms with E-state index in [1.807, 2.05) is 94.1 Å². The predicted molar refractivity (Wildman–Crippen MR) is 263 cm³/mol. The van der Waals surface area contributed by atoms with Crippen LogP contribution in [-0.2, 0) is 12.4 Å². The van der Waals surface area contributed by atoms with Crippen molar-refractivity contribution >= 4 is 96.9 Å². The maximum absolute atomic E-state index is 14.6. The Labute approximate surface area is 385 Å². The van der Waals surface area contributed by atoms with Crippen molar-refractivity contribution < 1.29 is 26.3 Å². The molecule has 0 aliphatic rings. The van der Waals surface area contributed by atoms with Gasteiger partial charge in [0, 0.05) is 58.1 Å². The molecule has 0 bridgehead atoms. The molecule has 9 aromatic carbocycles. The number of nitrogens with zero attached hydrogens (tertiary/aromatic N) is 4. The Morgan fingerprint density at radius 3 is 1.43 bits per heavy atom. The second-order valence-corrected chi connectivity index (χ2v) is 18.1. The first-order valence-corrected chi connectivity index (χ1v) is 22.5. The summed E-state index contributed by atoms with van der Waals surface area (Å²) in [5.41, 5.74) is 5.10. The number of fused-ring (bicyclic) bond motifs is 12. The minimum atomic E-state index is -4.63. The number of hydrogen-bond acceptors (Lipinski definition) is 2. The van der Waals surface area contributed by atoms with E-state index in [0.29, 0.717) is 71.8 Å². The molecule has 326 valence electrons. The van der Waals surface area contributed by atoms with Crippen LogP contribution in [0.15, 0.2) is 182 Å². The van der Waals surface area contributed by atoms with Gasteiger partial charge in [0.15, 0.2) is 0 Å². The molecule has 0 unspecified atom stereocenters. The Bertz CT molecular complexity index is 4310. The largest absolute Gasteiger partial charge is 0.416 e. The summed E-state index contributed by atoms with van der Waals surface area (Å²) >= 11 is 1.70. The summed E-state index contributed by atoms with van der Waals surface area (Å²) in [5, 5.41) is 17.6. The molecule has 0 aliphatic heterocycles. The molecular formula is C57H30F6N4S. The van der Waals surface area contributed by atoms with Crippen molar-refractivity contribution in [2.75, 3.05) is 0 Å². The molecule has 0 saturated heterocycles. The molecule has 0 saturated carbocycles. The van der Waals surface area contributed by atoms with E-state index in [0.717, 1.165) is 60.2 Å². The van der Waals surface area contributed by atoms with E-state index in [-0.39, 0.29) is 5.56 Å². The molecule has 0 atom stereocenters. The number of halogens is 6. The predicted octanol–water partition coefficient (Wildman–Crippen LogP) is 16.9. The average Bonchev–Trinajstić information content (AvgIpc) is 4.08. The van der Waals surface area contributed by atoms with Crippen LogP contribution in [0.5, 0.6) is 0 Å². The van der Waals surface area contributed by atoms with E-state index in [2.05, 4.69) is 41.0 Å². The third kappa shape index (κ3) is 5.74. The summed E-state index contributed by atoms with van der Waals surface area (Å²) in [7, 11) is 0. The van der Waals surface area contributed by atoms with Gasteiger partial charge in [-0.05, 0) is 84.4 Å². The number of aromatic nitrogens is 3. The van der Waals surface area contributed by atoms with Crippen LogP contribution in [0.25, 0.3) is 114 Å². The minimum Gasteiger partial charge on any atom is -0.308 e. The Morgan fingerprint density at radius 1 is 0.382 bits per heavy atom. The number of para-hydroxylation sites is 3. The van der Waals surface area contributed by atoms with Gasteiger partial charge in [-0.15, -0.1) is 11.3 Å². The molecule has 0 amide bonds. The van der Waals surface area contributed by atoms with Gasteiger partial charge in [0.2, 0.25) is 0 Å². The fraction of sp³-hybridized carbons (Fsp3) is 0.0351. The van der Waals surface area contributed by atoms with Crippen molar-refractivity contribution in [1.29, 1.82) is 5.26 Å². The lowest BCUT2D eigenvalue weighted by atomic mass is 9.95. The first-order valence-electron chi connectivity index (χ1n) is 21.7. The fourth-order valence-corrected chi connectivity index (χ4v) is 11.6. The molecule has 0 radical (unpaired) electrons. The van der Waals surface area contributed by atoms with Crippen LogP contribution in [0.2, 0.25) is 0 Å². The molecule has 0 fully saturated rings. The third-order valence-electron chi connectivity index (χ3n) is 13.3. The zero-order chi connectivity index (χ0) is 46.2. The van der Waals surface area contributed by atoms with Crippen molar-refractivity contribution in [3.05, 3.63) is 199 Å². The van der Waals surface area contributed by atoms with Crippen molar-refractivity contribution in [2.45, 2.75) is 12.4 Å². The summed E-state index contributed by atoms with van der Waals surface area (Å²) in [6.45, 7) is 0. The van der Waals surface area contributed by atoms with Crippen molar-refractivity contribution in [3.8, 4) is 34.3 Å². The molecular weight excluding hydrogens is 887 g/mol. The Balaban J connectivity index is 1.29. The van der Waals surface area contributed by atoms with Gasteiger partial charge in [0.1, 0.15) is 6.07 Å². The van der Waals surface area contributed by atoms with E-state index in [4.69, 9.17) is 0 Å². The van der Waals surface area contributed by atoms with Crippen LogP contribution >= 0.6 is 11.3 Å². The summed E-state index contributed by atoms with van der Waals surface area (Å²) in [5.74, 6) is 0. The second kappa shape index (κ2) is 14.3. The highest BCUT2D eigenvalue weighted by Crippen LogP contribution is 2.49. The minimum absolute atomic E-state index is 0.225. The normalized spacial score (nSPS) is 12.5. The highest BCUT2D eigenvalue weighted by Gasteiger charge is 2.34. The van der Waals surface area contributed by atoms with E-state index < -0.39 is 23.5 Å². The topological polar surface area (TPSA) is 38.6 Å². The Hall–Kier alpha value is -8.33. The fourth-order valence-electron chi connectivity index (χ4n) is 10.5. The summed E-state index contributed by atoms with van der Waals surface area (Å²) in [4.78, 5) is 0. The first-order chi connectivity index (χ1) is 33.0. The van der Waals surface area contributed by atoms with E-state index >= 15 is 0 Å². The molecule has 68 heavy (non-hydrogen) atoms. The van der Waals surface area contributed by atoms with Gasteiger partial charge in [0.25, 0.3) is 0 Å². The van der Waals surface area contributed by atoms with Gasteiger partial charge in [0.05, 0.1) is 66.9 Å². The van der Waals surface area contributed by atoms with Gasteiger partial charge in [-0.2, -0.15) is 31.6 Å². The first kappa shape index (κ1) is 40.0. The van der Waals surface area contributed by atoms with Crippen molar-refractivity contribution in [3.63, 3.8) is 0 Å². The van der Waals surface area contributed by atoms with E-state index in [1.54, 1.807) is 41.7 Å². The quantitative estimate of drug-likeness (QED) is 0.162. The van der Waals surface area contributed by atoms with Gasteiger partial charge in [-0.25, -0.2) is 0 Å². The second-order valence-electron chi connectivity index (χ2n) is 17.0. The third-order valence-corrected chi connectivity index (χ3v) is 14.4. The summed E-state index contributed by atoms with van der Waals surface area (Å²) in [6.07, 6.45) is -9.24. The number of alkyl halides is 6. The van der Waals surface area contributed by atoms with Crippen LogP contribution < -0.4 is 0 Å². The standard InChI is InChI=1S/C57H30F6N4S/c58-56(59,60)34-22-24-47-40(27-34)36-14-4-8-18-44(36)65(47)50-26-33(31-64)54(67-46-20-10-6-16-38(46)42-30-52-43(29-49(42)67)39-17-7-11-21-51(39)68-52)55(53(50)32-12-2-1-3-13-32)66-45-19-9-5-15-37(45)41-28-35(57(61,62)63)23-25-48(41)66/h1-30H. The average molecular weight is 917 g/mol. The van der Waals surface area contributed by atoms with Crippen LogP contribution in [0, 0.1) is 11.3 Å². The number of nitriles is 1. The molecule has 4 heterocycles. The number of rotatable bonds is 4. The van der Waals surface area contributed by atoms with E-state index in [1.165, 1.54) is 18.2 Å². The van der Waals surface area contributed by atoms with Gasteiger partial charge in [-0.1, -0.05) is 103 Å². The molecule has 4 aromatic heterocycles. The zero-order valence-electron chi connectivity index (χ0n) is 35.3. The van der Waals surface area contributed by atoms with Crippen molar-refractivity contribution in [1.82, 2.24) is 13.7 Å². The Morgan fingerprint density at radius 2 is 0.853 bits per heavy atom. The number of thiophene rings is 1. The smallest absolute Gasteiger partial charge is 0.308 e. The maximum Gasteiger partial charge on any atom is 0.416 e. The van der Waals surface area contributed by atoms with Gasteiger partial charge < -0.3 is 13.7 Å². The molecule has 0 N–H and O–H groups in total. The molecule has 13 rings (SSSR count). The SMILES string of the molecule is N#Cc1cc(-n2c3ccccc3c3cc(C(F)(F)F)ccc32)c(-c2ccccc2)c(-n2c3ccccc3c3cc(C(F)(F)F)ccc32)c1-n1c2ccccc2c2cc3sc4ccccc4c3cc21. The van der Waals surface area contributed by atoms with Crippen LogP contribution in [-0.4, -0.2) is 13.7 Å². The van der Waals surface area contributed by atoms with Gasteiger partial charge >= 0.3 is 12.4 Å². The van der Waals surface area contributed by atoms with Crippen molar-refractivity contribution in [2.24, 2.45) is 0 Å². The Kier molecular flexibility index (Phi) is 8.43. The van der Waals surface area contributed by atoms with Gasteiger partial charge in [-0.3, -0.25) is 0 Å². The highest BCUT2D eigenvalue weighted by molar-refractivity contribution is 7.25. The summed E-state index contributed by atoms with van der Waals surface area (Å²) < 4.78 is 95.3. The number of hydrogen-bond donors (Lipinski definition) is 0. The molecule has 13 aromatic rings. The van der Waals surface area contributed by atoms with Crippen LogP contribution in [0.4, 0.5) is 26.3 Å². The van der Waals surface area contributed by atoms with E-state index in [9.17, 15) is 31.6 Å². The maximum atomic E-state index is 14.6. The molecule has 0 spiro atoms. The number of benzene rings is 9. The lowest BCUT2D eigenvalue weighted by Crippen LogP contribution is -2.12. The lowest BCUT2D eigenvalue weighted by Gasteiger charge is -2.25. The monoisotopic (exact) mass is 916 g/mol. The molecule has 11 heteroatoms. The van der Waals surface area contributed by atoms with Crippen LogP contribution in [0.3, 0.4) is 0 Å².